The Hall–Kier alpha value is -4.18. The minimum Gasteiger partial charge on any atom is -0.508 e. The second-order valence-corrected chi connectivity index (χ2v) is 7.25. The van der Waals surface area contributed by atoms with E-state index in [9.17, 15) is 29.4 Å². The summed E-state index contributed by atoms with van der Waals surface area (Å²) in [4.78, 5) is 47.9. The average Bonchev–Trinajstić information content (AvgIpc) is 2.79. The van der Waals surface area contributed by atoms with Crippen LogP contribution in [-0.4, -0.2) is 52.5 Å². The SMILES string of the molecule is C[C@@H](NC(=O)[C@@H](N)Cc1ccc(O)cc1)C(=O)NCC(=O)NC(=Cc1ccccc1)C(=O)O. The van der Waals surface area contributed by atoms with Gasteiger partial charge in [0.15, 0.2) is 0 Å². The first-order chi connectivity index (χ1) is 15.7. The summed E-state index contributed by atoms with van der Waals surface area (Å²) in [6.07, 6.45) is 1.50. The number of aromatic hydroxyl groups is 1. The number of carboxylic acid groups (broad SMARTS) is 1. The van der Waals surface area contributed by atoms with Crippen molar-refractivity contribution in [1.82, 2.24) is 16.0 Å². The number of phenolic OH excluding ortho intramolecular Hbond substituents is 1. The van der Waals surface area contributed by atoms with Crippen LogP contribution in [0.3, 0.4) is 0 Å². The molecule has 0 saturated carbocycles. The molecule has 2 rings (SSSR count). The van der Waals surface area contributed by atoms with E-state index in [1.54, 1.807) is 42.5 Å². The minimum atomic E-state index is -1.33. The number of rotatable bonds is 10. The first-order valence-electron chi connectivity index (χ1n) is 10.1. The number of hydrogen-bond donors (Lipinski definition) is 6. The first kappa shape index (κ1) is 25.1. The number of hydrogen-bond acceptors (Lipinski definition) is 6. The summed E-state index contributed by atoms with van der Waals surface area (Å²) in [5, 5.41) is 25.6. The molecule has 0 aliphatic rings. The number of nitrogens with one attached hydrogen (secondary N) is 3. The molecule has 3 amide bonds. The molecule has 0 heterocycles. The van der Waals surface area contributed by atoms with Crippen LogP contribution in [0.4, 0.5) is 0 Å². The maximum atomic E-state index is 12.2. The van der Waals surface area contributed by atoms with Crippen LogP contribution in [0.5, 0.6) is 5.75 Å². The van der Waals surface area contributed by atoms with Gasteiger partial charge < -0.3 is 31.9 Å². The molecule has 174 valence electrons. The summed E-state index contributed by atoms with van der Waals surface area (Å²) in [7, 11) is 0. The molecule has 7 N–H and O–H groups in total. The smallest absolute Gasteiger partial charge is 0.352 e. The van der Waals surface area contributed by atoms with Crippen molar-refractivity contribution in [3.05, 3.63) is 71.4 Å². The van der Waals surface area contributed by atoms with Gasteiger partial charge >= 0.3 is 5.97 Å². The Bertz CT molecular complexity index is 1020. The monoisotopic (exact) mass is 454 g/mol. The van der Waals surface area contributed by atoms with Crippen molar-refractivity contribution in [2.75, 3.05) is 6.54 Å². The second-order valence-electron chi connectivity index (χ2n) is 7.25. The molecule has 2 atom stereocenters. The normalized spacial score (nSPS) is 12.8. The molecule has 2 aromatic rings. The molecular formula is C23H26N4O6. The summed E-state index contributed by atoms with van der Waals surface area (Å²) in [5.74, 6) is -3.18. The van der Waals surface area contributed by atoms with Gasteiger partial charge in [-0.15, -0.1) is 0 Å². The lowest BCUT2D eigenvalue weighted by atomic mass is 10.1. The van der Waals surface area contributed by atoms with Gasteiger partial charge in [-0.05, 0) is 42.7 Å². The molecule has 0 radical (unpaired) electrons. The lowest BCUT2D eigenvalue weighted by Gasteiger charge is -2.17. The van der Waals surface area contributed by atoms with E-state index in [0.29, 0.717) is 5.56 Å². The van der Waals surface area contributed by atoms with Crippen molar-refractivity contribution in [1.29, 1.82) is 0 Å². The average molecular weight is 454 g/mol. The molecule has 0 bridgehead atoms. The largest absolute Gasteiger partial charge is 0.508 e. The topological polar surface area (TPSA) is 171 Å². The Morgan fingerprint density at radius 3 is 2.24 bits per heavy atom. The van der Waals surface area contributed by atoms with Gasteiger partial charge in [-0.2, -0.15) is 0 Å². The van der Waals surface area contributed by atoms with E-state index < -0.39 is 42.3 Å². The molecule has 0 saturated heterocycles. The number of aliphatic carboxylic acids is 1. The van der Waals surface area contributed by atoms with E-state index in [2.05, 4.69) is 16.0 Å². The highest BCUT2D eigenvalue weighted by molar-refractivity contribution is 5.98. The summed E-state index contributed by atoms with van der Waals surface area (Å²) in [6.45, 7) is 0.939. The lowest BCUT2D eigenvalue weighted by Crippen LogP contribution is -2.52. The molecule has 10 heteroatoms. The van der Waals surface area contributed by atoms with Crippen LogP contribution in [0.2, 0.25) is 0 Å². The number of carboxylic acids is 1. The minimum absolute atomic E-state index is 0.0946. The van der Waals surface area contributed by atoms with Crippen molar-refractivity contribution in [2.24, 2.45) is 5.73 Å². The molecule has 0 aromatic heterocycles. The van der Waals surface area contributed by atoms with Crippen LogP contribution in [-0.2, 0) is 25.6 Å². The van der Waals surface area contributed by atoms with Crippen molar-refractivity contribution in [2.45, 2.75) is 25.4 Å². The fraction of sp³-hybridized carbons (Fsp3) is 0.217. The Morgan fingerprint density at radius 1 is 1.00 bits per heavy atom. The zero-order valence-electron chi connectivity index (χ0n) is 17.9. The Kier molecular flexibility index (Phi) is 9.13. The van der Waals surface area contributed by atoms with E-state index in [1.165, 1.54) is 25.1 Å². The quantitative estimate of drug-likeness (QED) is 0.277. The lowest BCUT2D eigenvalue weighted by molar-refractivity contribution is -0.134. The Labute approximate surface area is 190 Å². The maximum absolute atomic E-state index is 12.2. The van der Waals surface area contributed by atoms with Gasteiger partial charge in [0.25, 0.3) is 0 Å². The maximum Gasteiger partial charge on any atom is 0.352 e. The van der Waals surface area contributed by atoms with E-state index in [1.807, 2.05) is 0 Å². The van der Waals surface area contributed by atoms with Crippen LogP contribution < -0.4 is 21.7 Å². The van der Waals surface area contributed by atoms with Crippen LogP contribution >= 0.6 is 0 Å². The van der Waals surface area contributed by atoms with Crippen LogP contribution in [0, 0.1) is 0 Å². The molecule has 0 aliphatic carbocycles. The molecule has 0 aliphatic heterocycles. The molecule has 10 nitrogen and oxygen atoms in total. The first-order valence-corrected chi connectivity index (χ1v) is 10.1. The highest BCUT2D eigenvalue weighted by Gasteiger charge is 2.21. The summed E-state index contributed by atoms with van der Waals surface area (Å²) in [6, 6.07) is 12.9. The molecule has 0 spiro atoms. The number of nitrogens with two attached hydrogens (primary N) is 1. The molecule has 2 aromatic carbocycles. The van der Waals surface area contributed by atoms with Crippen LogP contribution in [0.1, 0.15) is 18.1 Å². The van der Waals surface area contributed by atoms with Gasteiger partial charge in [-0.1, -0.05) is 42.5 Å². The van der Waals surface area contributed by atoms with Gasteiger partial charge in [-0.25, -0.2) is 4.79 Å². The molecule has 0 fully saturated rings. The molecule has 33 heavy (non-hydrogen) atoms. The summed E-state index contributed by atoms with van der Waals surface area (Å²) < 4.78 is 0. The third kappa shape index (κ3) is 8.46. The zero-order chi connectivity index (χ0) is 24.4. The van der Waals surface area contributed by atoms with Crippen molar-refractivity contribution < 1.29 is 29.4 Å². The van der Waals surface area contributed by atoms with E-state index in [0.717, 1.165) is 5.56 Å². The fourth-order valence-corrected chi connectivity index (χ4v) is 2.75. The van der Waals surface area contributed by atoms with Crippen molar-refractivity contribution in [3.63, 3.8) is 0 Å². The second kappa shape index (κ2) is 12.0. The number of benzene rings is 2. The van der Waals surface area contributed by atoms with E-state index in [-0.39, 0.29) is 17.9 Å². The molecular weight excluding hydrogens is 428 g/mol. The van der Waals surface area contributed by atoms with Crippen LogP contribution in [0.15, 0.2) is 60.3 Å². The van der Waals surface area contributed by atoms with Crippen LogP contribution in [0.25, 0.3) is 6.08 Å². The van der Waals surface area contributed by atoms with E-state index >= 15 is 0 Å². The number of carbonyl (C=O) groups excluding carboxylic acids is 3. The number of carbonyl (C=O) groups is 4. The highest BCUT2D eigenvalue weighted by Crippen LogP contribution is 2.11. The van der Waals surface area contributed by atoms with Gasteiger partial charge in [0.05, 0.1) is 12.6 Å². The van der Waals surface area contributed by atoms with Gasteiger partial charge in [0.2, 0.25) is 17.7 Å². The highest BCUT2D eigenvalue weighted by atomic mass is 16.4. The number of phenols is 1. The number of amides is 3. The Balaban J connectivity index is 1.82. The summed E-state index contributed by atoms with van der Waals surface area (Å²) in [5.41, 5.74) is 6.85. The van der Waals surface area contributed by atoms with E-state index in [4.69, 9.17) is 5.73 Å². The predicted molar refractivity (Wildman–Crippen MR) is 121 cm³/mol. The van der Waals surface area contributed by atoms with Gasteiger partial charge in [0, 0.05) is 0 Å². The standard InChI is InChI=1S/C23H26N4O6/c1-14(26-22(31)18(24)11-16-7-9-17(28)10-8-16)21(30)25-13-20(29)27-19(23(32)33)12-15-5-3-2-4-6-15/h2-10,12,14,18,28H,11,13,24H2,1H3,(H,25,30)(H,26,31)(H,27,29)(H,32,33)/t14-,18+/m1/s1. The third-order valence-electron chi connectivity index (χ3n) is 4.52. The predicted octanol–water partition coefficient (Wildman–Crippen LogP) is 0.125. The Morgan fingerprint density at radius 2 is 1.64 bits per heavy atom. The van der Waals surface area contributed by atoms with Gasteiger partial charge in [0.1, 0.15) is 17.5 Å². The van der Waals surface area contributed by atoms with Gasteiger partial charge in [-0.3, -0.25) is 14.4 Å². The third-order valence-corrected chi connectivity index (χ3v) is 4.52. The fourth-order valence-electron chi connectivity index (χ4n) is 2.75. The zero-order valence-corrected chi connectivity index (χ0v) is 17.9. The summed E-state index contributed by atoms with van der Waals surface area (Å²) >= 11 is 0. The molecule has 0 unspecified atom stereocenters. The van der Waals surface area contributed by atoms with Crippen molar-refractivity contribution in [3.8, 4) is 5.75 Å². The van der Waals surface area contributed by atoms with Crippen molar-refractivity contribution >= 4 is 29.8 Å².